The molecule has 2 aromatic rings. The first-order valence-corrected chi connectivity index (χ1v) is 7.31. The maximum Gasteiger partial charge on any atom is 0.274 e. The van der Waals surface area contributed by atoms with Crippen LogP contribution < -0.4 is 5.73 Å². The van der Waals surface area contributed by atoms with Crippen molar-refractivity contribution in [2.75, 3.05) is 12.8 Å². The van der Waals surface area contributed by atoms with Crippen molar-refractivity contribution in [3.8, 4) is 0 Å². The highest BCUT2D eigenvalue weighted by Gasteiger charge is 2.23. The number of carbonyl (C=O) groups excluding carboxylic acids is 1. The van der Waals surface area contributed by atoms with E-state index in [0.717, 1.165) is 10.6 Å². The van der Waals surface area contributed by atoms with Gasteiger partial charge in [-0.3, -0.25) is 9.48 Å². The van der Waals surface area contributed by atoms with Crippen molar-refractivity contribution >= 4 is 22.9 Å². The summed E-state index contributed by atoms with van der Waals surface area (Å²) in [5, 5.41) is 4.28. The lowest BCUT2D eigenvalue weighted by Gasteiger charge is -2.17. The minimum Gasteiger partial charge on any atom is -0.395 e. The number of aromatic nitrogens is 3. The van der Waals surface area contributed by atoms with Gasteiger partial charge in [0.15, 0.2) is 0 Å². The molecule has 108 valence electrons. The number of hydrogen-bond acceptors (Lipinski definition) is 5. The largest absolute Gasteiger partial charge is 0.395 e. The van der Waals surface area contributed by atoms with E-state index in [2.05, 4.69) is 10.1 Å². The highest BCUT2D eigenvalue weighted by atomic mass is 32.1. The van der Waals surface area contributed by atoms with E-state index in [0.29, 0.717) is 30.2 Å². The Morgan fingerprint density at radius 3 is 2.70 bits per heavy atom. The summed E-state index contributed by atoms with van der Waals surface area (Å²) in [6.45, 7) is 6.84. The van der Waals surface area contributed by atoms with Gasteiger partial charge in [0.2, 0.25) is 0 Å². The van der Waals surface area contributed by atoms with Crippen LogP contribution in [0, 0.1) is 13.8 Å². The summed E-state index contributed by atoms with van der Waals surface area (Å²) in [7, 11) is 1.77. The van der Waals surface area contributed by atoms with Gasteiger partial charge in [-0.05, 0) is 20.8 Å². The van der Waals surface area contributed by atoms with Crippen LogP contribution in [-0.2, 0) is 13.1 Å². The van der Waals surface area contributed by atoms with Crippen molar-refractivity contribution in [2.24, 2.45) is 0 Å². The number of hydrogen-bond donors (Lipinski definition) is 1. The maximum atomic E-state index is 12.6. The van der Waals surface area contributed by atoms with Crippen molar-refractivity contribution in [1.29, 1.82) is 0 Å². The first-order chi connectivity index (χ1) is 9.45. The molecule has 2 heterocycles. The van der Waals surface area contributed by atoms with Crippen molar-refractivity contribution in [3.05, 3.63) is 27.5 Å². The summed E-state index contributed by atoms with van der Waals surface area (Å²) in [4.78, 5) is 19.5. The molecular formula is C13H19N5OS. The maximum absolute atomic E-state index is 12.6. The van der Waals surface area contributed by atoms with Gasteiger partial charge >= 0.3 is 0 Å². The second-order valence-electron chi connectivity index (χ2n) is 4.69. The van der Waals surface area contributed by atoms with Gasteiger partial charge in [-0.1, -0.05) is 0 Å². The fourth-order valence-electron chi connectivity index (χ4n) is 2.00. The second-order valence-corrected chi connectivity index (χ2v) is 5.62. The smallest absolute Gasteiger partial charge is 0.274 e. The lowest BCUT2D eigenvalue weighted by molar-refractivity contribution is 0.0775. The van der Waals surface area contributed by atoms with Crippen molar-refractivity contribution < 1.29 is 4.79 Å². The molecule has 20 heavy (non-hydrogen) atoms. The molecule has 0 fully saturated rings. The van der Waals surface area contributed by atoms with Gasteiger partial charge in [0.1, 0.15) is 5.69 Å². The predicted octanol–water partition coefficient (Wildman–Crippen LogP) is 1.83. The molecule has 0 spiro atoms. The zero-order valence-electron chi connectivity index (χ0n) is 12.2. The van der Waals surface area contributed by atoms with Gasteiger partial charge in [-0.25, -0.2) is 4.98 Å². The molecule has 2 rings (SSSR count). The molecule has 0 saturated heterocycles. The molecule has 0 unspecified atom stereocenters. The average molecular weight is 293 g/mol. The third-order valence-electron chi connectivity index (χ3n) is 3.25. The monoisotopic (exact) mass is 293 g/mol. The van der Waals surface area contributed by atoms with Crippen LogP contribution in [0.4, 0.5) is 5.69 Å². The van der Waals surface area contributed by atoms with Gasteiger partial charge in [0, 0.05) is 18.5 Å². The van der Waals surface area contributed by atoms with E-state index in [4.69, 9.17) is 5.73 Å². The number of nitrogen functional groups attached to an aromatic ring is 1. The second kappa shape index (κ2) is 5.62. The Morgan fingerprint density at radius 2 is 2.15 bits per heavy atom. The fraction of sp³-hybridized carbons (Fsp3) is 0.462. The van der Waals surface area contributed by atoms with E-state index in [1.165, 1.54) is 0 Å². The lowest BCUT2D eigenvalue weighted by Crippen LogP contribution is -2.29. The third kappa shape index (κ3) is 2.53. The molecule has 0 saturated carbocycles. The van der Waals surface area contributed by atoms with E-state index in [-0.39, 0.29) is 5.91 Å². The fourth-order valence-corrected chi connectivity index (χ4v) is 2.83. The van der Waals surface area contributed by atoms with Gasteiger partial charge < -0.3 is 10.6 Å². The van der Waals surface area contributed by atoms with Crippen molar-refractivity contribution in [3.63, 3.8) is 0 Å². The minimum absolute atomic E-state index is 0.113. The summed E-state index contributed by atoms with van der Waals surface area (Å²) in [6, 6.07) is 0. The quantitative estimate of drug-likeness (QED) is 0.933. The van der Waals surface area contributed by atoms with E-state index >= 15 is 0 Å². The van der Waals surface area contributed by atoms with E-state index in [1.807, 2.05) is 20.8 Å². The molecule has 7 heteroatoms. The Labute approximate surface area is 122 Å². The number of rotatable bonds is 4. The first kappa shape index (κ1) is 14.5. The number of carbonyl (C=O) groups is 1. The number of anilines is 1. The zero-order valence-corrected chi connectivity index (χ0v) is 13.0. The first-order valence-electron chi connectivity index (χ1n) is 6.43. The molecule has 0 atom stereocenters. The predicted molar refractivity (Wildman–Crippen MR) is 79.7 cm³/mol. The molecule has 0 bridgehead atoms. The Bertz CT molecular complexity index is 631. The van der Waals surface area contributed by atoms with Gasteiger partial charge in [-0.2, -0.15) is 5.10 Å². The van der Waals surface area contributed by atoms with Gasteiger partial charge in [0.05, 0.1) is 29.1 Å². The van der Waals surface area contributed by atoms with E-state index < -0.39 is 0 Å². The highest BCUT2D eigenvalue weighted by Crippen LogP contribution is 2.20. The molecule has 1 amide bonds. The number of nitrogens with zero attached hydrogens (tertiary/aromatic N) is 4. The van der Waals surface area contributed by atoms with Crippen LogP contribution >= 0.6 is 11.3 Å². The minimum atomic E-state index is -0.113. The zero-order chi connectivity index (χ0) is 14.9. The normalized spacial score (nSPS) is 10.8. The van der Waals surface area contributed by atoms with Crippen molar-refractivity contribution in [1.82, 2.24) is 19.7 Å². The number of amides is 1. The van der Waals surface area contributed by atoms with Crippen LogP contribution in [0.5, 0.6) is 0 Å². The van der Waals surface area contributed by atoms with Gasteiger partial charge in [-0.15, -0.1) is 11.3 Å². The molecule has 6 nitrogen and oxygen atoms in total. The van der Waals surface area contributed by atoms with E-state index in [9.17, 15) is 4.79 Å². The molecular weight excluding hydrogens is 274 g/mol. The Kier molecular flexibility index (Phi) is 4.08. The molecule has 0 aliphatic heterocycles. The summed E-state index contributed by atoms with van der Waals surface area (Å²) in [6.07, 6.45) is 0. The van der Waals surface area contributed by atoms with Crippen LogP contribution in [0.25, 0.3) is 0 Å². The topological polar surface area (TPSA) is 77.0 Å². The number of thiazole rings is 1. The molecule has 2 N–H and O–H groups in total. The van der Waals surface area contributed by atoms with Crippen molar-refractivity contribution in [2.45, 2.75) is 33.9 Å². The number of nitrogens with two attached hydrogens (primary N) is 1. The standard InChI is InChI=1S/C13H19N5OS/c1-5-18-12(11(14)9(3)16-18)13(19)17(4)6-10-8(2)15-7-20-10/h7H,5-6,14H2,1-4H3. The molecule has 0 aliphatic rings. The third-order valence-corrected chi connectivity index (χ3v) is 4.17. The van der Waals surface area contributed by atoms with Crippen LogP contribution in [0.3, 0.4) is 0 Å². The van der Waals surface area contributed by atoms with E-state index in [1.54, 1.807) is 33.5 Å². The van der Waals surface area contributed by atoms with Crippen LogP contribution in [0.2, 0.25) is 0 Å². The number of aryl methyl sites for hydroxylation is 3. The summed E-state index contributed by atoms with van der Waals surface area (Å²) < 4.78 is 1.66. The summed E-state index contributed by atoms with van der Waals surface area (Å²) in [5.74, 6) is -0.113. The molecule has 0 aliphatic carbocycles. The molecule has 2 aromatic heterocycles. The highest BCUT2D eigenvalue weighted by molar-refractivity contribution is 7.09. The van der Waals surface area contributed by atoms with Crippen LogP contribution in [0.15, 0.2) is 5.51 Å². The Balaban J connectivity index is 2.25. The van der Waals surface area contributed by atoms with Crippen LogP contribution in [-0.4, -0.2) is 32.6 Å². The lowest BCUT2D eigenvalue weighted by atomic mass is 10.2. The van der Waals surface area contributed by atoms with Gasteiger partial charge in [0.25, 0.3) is 5.91 Å². The Hall–Kier alpha value is -1.89. The summed E-state index contributed by atoms with van der Waals surface area (Å²) in [5.41, 5.74) is 10.4. The molecule has 0 radical (unpaired) electrons. The average Bonchev–Trinajstić information content (AvgIpc) is 2.94. The molecule has 0 aromatic carbocycles. The van der Waals surface area contributed by atoms with Crippen LogP contribution in [0.1, 0.15) is 33.7 Å². The Morgan fingerprint density at radius 1 is 1.45 bits per heavy atom. The summed E-state index contributed by atoms with van der Waals surface area (Å²) >= 11 is 1.55. The SMILES string of the molecule is CCn1nc(C)c(N)c1C(=O)N(C)Cc1scnc1C.